The van der Waals surface area contributed by atoms with Crippen molar-refractivity contribution >= 4 is 66.7 Å². The lowest BCUT2D eigenvalue weighted by Crippen LogP contribution is -2.56. The third kappa shape index (κ3) is 9.35. The van der Waals surface area contributed by atoms with Crippen LogP contribution in [0, 0.1) is 6.92 Å². The molecule has 0 radical (unpaired) electrons. The Bertz CT molecular complexity index is 1780. The predicted molar refractivity (Wildman–Crippen MR) is 189 cm³/mol. The number of hydrogen-bond donors (Lipinski definition) is 1. The molecule has 0 fully saturated rings. The average Bonchev–Trinajstić information content (AvgIpc) is 2.99. The van der Waals surface area contributed by atoms with Crippen molar-refractivity contribution in [2.45, 2.75) is 57.1 Å². The molecule has 2 amide bonds. The second-order valence-electron chi connectivity index (χ2n) is 12.0. The first-order valence-electron chi connectivity index (χ1n) is 14.6. The van der Waals surface area contributed by atoms with Crippen LogP contribution < -0.4 is 9.62 Å². The van der Waals surface area contributed by atoms with Gasteiger partial charge in [0.05, 0.1) is 15.6 Å². The minimum atomic E-state index is -4.31. The Labute approximate surface area is 289 Å². The van der Waals surface area contributed by atoms with Crippen LogP contribution in [-0.4, -0.2) is 43.3 Å². The zero-order chi connectivity index (χ0) is 33.6. The molecule has 242 valence electrons. The van der Waals surface area contributed by atoms with Gasteiger partial charge >= 0.3 is 0 Å². The summed E-state index contributed by atoms with van der Waals surface area (Å²) in [7, 11) is -4.31. The zero-order valence-electron chi connectivity index (χ0n) is 26.0. The molecular weight excluding hydrogens is 709 g/mol. The minimum Gasteiger partial charge on any atom is -0.350 e. The van der Waals surface area contributed by atoms with Crippen LogP contribution in [0.25, 0.3) is 0 Å². The van der Waals surface area contributed by atoms with Gasteiger partial charge < -0.3 is 10.2 Å². The van der Waals surface area contributed by atoms with Crippen LogP contribution in [0.2, 0.25) is 10.0 Å². The number of anilines is 1. The van der Waals surface area contributed by atoms with Crippen LogP contribution in [0.5, 0.6) is 0 Å². The van der Waals surface area contributed by atoms with Crippen LogP contribution in [0.1, 0.15) is 37.5 Å². The summed E-state index contributed by atoms with van der Waals surface area (Å²) in [4.78, 5) is 30.0. The van der Waals surface area contributed by atoms with Gasteiger partial charge in [0.25, 0.3) is 10.0 Å². The normalized spacial score (nSPS) is 12.3. The fraction of sp³-hybridized carbons (Fsp3) is 0.257. The van der Waals surface area contributed by atoms with Gasteiger partial charge in [-0.25, -0.2) is 8.42 Å². The molecule has 0 bridgehead atoms. The number of carbonyl (C=O) groups excluding carboxylic acids is 2. The highest BCUT2D eigenvalue weighted by atomic mass is 79.9. The van der Waals surface area contributed by atoms with Crippen molar-refractivity contribution in [2.75, 3.05) is 10.8 Å². The lowest BCUT2D eigenvalue weighted by molar-refractivity contribution is -0.140. The molecule has 46 heavy (non-hydrogen) atoms. The van der Waals surface area contributed by atoms with E-state index in [9.17, 15) is 18.0 Å². The fourth-order valence-corrected chi connectivity index (χ4v) is 6.95. The van der Waals surface area contributed by atoms with Crippen molar-refractivity contribution in [1.82, 2.24) is 10.2 Å². The van der Waals surface area contributed by atoms with Gasteiger partial charge in [-0.2, -0.15) is 0 Å². The van der Waals surface area contributed by atoms with Crippen LogP contribution in [0.3, 0.4) is 0 Å². The van der Waals surface area contributed by atoms with E-state index in [0.717, 1.165) is 25.5 Å². The monoisotopic (exact) mass is 743 g/mol. The van der Waals surface area contributed by atoms with E-state index in [2.05, 4.69) is 21.2 Å². The Kier molecular flexibility index (Phi) is 11.6. The van der Waals surface area contributed by atoms with Gasteiger partial charge in [-0.3, -0.25) is 13.9 Å². The van der Waals surface area contributed by atoms with Gasteiger partial charge in [0, 0.05) is 28.0 Å². The molecule has 0 saturated heterocycles. The zero-order valence-corrected chi connectivity index (χ0v) is 29.9. The van der Waals surface area contributed by atoms with E-state index in [1.54, 1.807) is 18.2 Å². The molecule has 0 aliphatic heterocycles. The summed E-state index contributed by atoms with van der Waals surface area (Å²) in [6, 6.07) is 26.6. The largest absolute Gasteiger partial charge is 0.350 e. The molecule has 0 spiro atoms. The van der Waals surface area contributed by atoms with Crippen molar-refractivity contribution in [2.24, 2.45) is 0 Å². The summed E-state index contributed by atoms with van der Waals surface area (Å²) >= 11 is 16.3. The van der Waals surface area contributed by atoms with E-state index < -0.39 is 34.1 Å². The molecule has 0 aromatic heterocycles. The molecule has 7 nitrogen and oxygen atoms in total. The van der Waals surface area contributed by atoms with E-state index in [1.807, 2.05) is 82.3 Å². The van der Waals surface area contributed by atoms with Gasteiger partial charge in [-0.1, -0.05) is 99.3 Å². The summed E-state index contributed by atoms with van der Waals surface area (Å²) in [5.74, 6) is -0.963. The van der Waals surface area contributed by atoms with E-state index >= 15 is 0 Å². The number of aryl methyl sites for hydroxylation is 1. The summed E-state index contributed by atoms with van der Waals surface area (Å²) in [5.41, 5.74) is 1.93. The van der Waals surface area contributed by atoms with E-state index in [4.69, 9.17) is 23.2 Å². The number of rotatable bonds is 11. The molecule has 4 aromatic rings. The summed E-state index contributed by atoms with van der Waals surface area (Å²) in [5, 5.41) is 3.36. The van der Waals surface area contributed by atoms with Crippen molar-refractivity contribution in [3.05, 3.63) is 128 Å². The quantitative estimate of drug-likeness (QED) is 0.170. The molecule has 0 aliphatic rings. The molecule has 0 saturated carbocycles. The molecule has 4 aromatic carbocycles. The Morgan fingerprint density at radius 1 is 0.870 bits per heavy atom. The molecule has 1 N–H and O–H groups in total. The third-order valence-corrected chi connectivity index (χ3v) is 9.96. The molecule has 4 rings (SSSR count). The smallest absolute Gasteiger partial charge is 0.264 e. The number of nitrogens with zero attached hydrogens (tertiary/aromatic N) is 2. The van der Waals surface area contributed by atoms with Crippen molar-refractivity contribution in [3.8, 4) is 0 Å². The number of carbonyl (C=O) groups is 2. The first kappa shape index (κ1) is 35.5. The number of sulfonamides is 1. The first-order chi connectivity index (χ1) is 21.6. The van der Waals surface area contributed by atoms with Gasteiger partial charge in [0.15, 0.2) is 0 Å². The maximum absolute atomic E-state index is 14.6. The molecule has 1 atom stereocenters. The maximum atomic E-state index is 14.6. The number of amides is 2. The SMILES string of the molecule is Cc1ccc(S(=O)(=O)N(CC(=O)N(Cc2ccc(Br)cc2)[C@H](Cc2ccccc2)C(=O)NC(C)(C)C)c2cc(Cl)ccc2Cl)cc1. The van der Waals surface area contributed by atoms with Crippen LogP contribution in [0.15, 0.2) is 106 Å². The highest BCUT2D eigenvalue weighted by molar-refractivity contribution is 9.10. The van der Waals surface area contributed by atoms with Crippen molar-refractivity contribution in [1.29, 1.82) is 0 Å². The van der Waals surface area contributed by atoms with E-state index in [0.29, 0.717) is 0 Å². The Balaban J connectivity index is 1.84. The topological polar surface area (TPSA) is 86.8 Å². The number of benzene rings is 4. The second-order valence-corrected chi connectivity index (χ2v) is 15.6. The van der Waals surface area contributed by atoms with Gasteiger partial charge in [-0.15, -0.1) is 0 Å². The Morgan fingerprint density at radius 3 is 2.11 bits per heavy atom. The van der Waals surface area contributed by atoms with Crippen molar-refractivity contribution in [3.63, 3.8) is 0 Å². The lowest BCUT2D eigenvalue weighted by atomic mass is 10.0. The van der Waals surface area contributed by atoms with Crippen LogP contribution >= 0.6 is 39.1 Å². The van der Waals surface area contributed by atoms with E-state index in [1.165, 1.54) is 29.2 Å². The molecule has 0 heterocycles. The Hall–Kier alpha value is -3.37. The maximum Gasteiger partial charge on any atom is 0.264 e. The minimum absolute atomic E-state index is 0.0206. The number of hydrogen-bond acceptors (Lipinski definition) is 4. The summed E-state index contributed by atoms with van der Waals surface area (Å²) in [6.07, 6.45) is 0.202. The predicted octanol–water partition coefficient (Wildman–Crippen LogP) is 7.81. The van der Waals surface area contributed by atoms with Gasteiger partial charge in [0.1, 0.15) is 12.6 Å². The van der Waals surface area contributed by atoms with Gasteiger partial charge in [-0.05, 0) is 81.3 Å². The second kappa shape index (κ2) is 15.0. The van der Waals surface area contributed by atoms with Crippen molar-refractivity contribution < 1.29 is 18.0 Å². The lowest BCUT2D eigenvalue weighted by Gasteiger charge is -2.35. The molecule has 0 aliphatic carbocycles. The highest BCUT2D eigenvalue weighted by Crippen LogP contribution is 2.33. The average molecular weight is 746 g/mol. The standard InChI is InChI=1S/C35H36BrCl2N3O4S/c1-24-10-17-29(18-11-24)46(44,45)41(31-21-28(37)16-19-30(31)38)23-33(42)40(22-26-12-14-27(36)15-13-26)32(34(43)39-35(2,3)4)20-25-8-6-5-7-9-25/h5-19,21,32H,20,22-23H2,1-4H3,(H,39,43)/t32-/m1/s1. The van der Waals surface area contributed by atoms with Crippen LogP contribution in [-0.2, 0) is 32.6 Å². The summed E-state index contributed by atoms with van der Waals surface area (Å²) in [6.45, 7) is 6.85. The first-order valence-corrected chi connectivity index (χ1v) is 17.6. The molecule has 0 unspecified atom stereocenters. The number of nitrogens with one attached hydrogen (secondary N) is 1. The Morgan fingerprint density at radius 2 is 1.50 bits per heavy atom. The third-order valence-electron chi connectivity index (χ3n) is 7.10. The summed E-state index contributed by atoms with van der Waals surface area (Å²) < 4.78 is 30.2. The highest BCUT2D eigenvalue weighted by Gasteiger charge is 2.36. The fourth-order valence-electron chi connectivity index (χ4n) is 4.82. The molecular formula is C35H36BrCl2N3O4S. The van der Waals surface area contributed by atoms with Crippen LogP contribution in [0.4, 0.5) is 5.69 Å². The van der Waals surface area contributed by atoms with Gasteiger partial charge in [0.2, 0.25) is 11.8 Å². The van der Waals surface area contributed by atoms with E-state index in [-0.39, 0.29) is 39.5 Å². The molecule has 11 heteroatoms. The number of halogens is 3.